The Balaban J connectivity index is 1.82. The van der Waals surface area contributed by atoms with Crippen LogP contribution in [-0.4, -0.2) is 20.2 Å². The molecule has 0 saturated heterocycles. The van der Waals surface area contributed by atoms with E-state index in [1.807, 2.05) is 12.1 Å². The lowest BCUT2D eigenvalue weighted by atomic mass is 10.2. The average Bonchev–Trinajstić information content (AvgIpc) is 2.90. The van der Waals surface area contributed by atoms with Gasteiger partial charge in [-0.2, -0.15) is 4.80 Å². The van der Waals surface area contributed by atoms with Crippen molar-refractivity contribution in [3.63, 3.8) is 0 Å². The summed E-state index contributed by atoms with van der Waals surface area (Å²) in [7, 11) is 0. The van der Waals surface area contributed by atoms with Gasteiger partial charge in [0.25, 0.3) is 0 Å². The van der Waals surface area contributed by atoms with Crippen molar-refractivity contribution in [1.29, 1.82) is 0 Å². The second-order valence-electron chi connectivity index (χ2n) is 4.40. The molecule has 6 heteroatoms. The van der Waals surface area contributed by atoms with E-state index >= 15 is 0 Å². The number of nitrogens with two attached hydrogens (primary N) is 1. The molecule has 0 spiro atoms. The van der Waals surface area contributed by atoms with E-state index in [9.17, 15) is 4.39 Å². The summed E-state index contributed by atoms with van der Waals surface area (Å²) in [5.41, 5.74) is 8.09. The Morgan fingerprint density at radius 3 is 2.65 bits per heavy atom. The molecule has 20 heavy (non-hydrogen) atoms. The van der Waals surface area contributed by atoms with Crippen molar-refractivity contribution < 1.29 is 4.39 Å². The molecule has 2 aromatic carbocycles. The number of halogens is 1. The molecule has 0 bridgehead atoms. The third-order valence-corrected chi connectivity index (χ3v) is 2.83. The number of benzene rings is 2. The van der Waals surface area contributed by atoms with Crippen molar-refractivity contribution >= 4 is 5.69 Å². The van der Waals surface area contributed by atoms with Gasteiger partial charge in [-0.15, -0.1) is 10.2 Å². The zero-order valence-electron chi connectivity index (χ0n) is 10.6. The molecule has 0 amide bonds. The van der Waals surface area contributed by atoms with Gasteiger partial charge in [-0.25, -0.2) is 4.39 Å². The van der Waals surface area contributed by atoms with Crippen LogP contribution in [0.25, 0.3) is 11.4 Å². The molecule has 3 rings (SSSR count). The highest BCUT2D eigenvalue weighted by atomic mass is 19.1. The molecular formula is C14H12FN5. The average molecular weight is 269 g/mol. The highest BCUT2D eigenvalue weighted by Gasteiger charge is 2.06. The van der Waals surface area contributed by atoms with Crippen LogP contribution in [0, 0.1) is 5.82 Å². The van der Waals surface area contributed by atoms with Crippen LogP contribution in [0.1, 0.15) is 5.56 Å². The van der Waals surface area contributed by atoms with E-state index in [0.29, 0.717) is 18.1 Å². The summed E-state index contributed by atoms with van der Waals surface area (Å²) in [6, 6.07) is 13.5. The van der Waals surface area contributed by atoms with Crippen molar-refractivity contribution in [2.24, 2.45) is 0 Å². The van der Waals surface area contributed by atoms with Gasteiger partial charge in [-0.05, 0) is 35.0 Å². The van der Waals surface area contributed by atoms with Gasteiger partial charge in [-0.3, -0.25) is 0 Å². The summed E-state index contributed by atoms with van der Waals surface area (Å²) in [5.74, 6) is 0.250. The molecule has 0 saturated carbocycles. The van der Waals surface area contributed by atoms with Gasteiger partial charge >= 0.3 is 0 Å². The molecule has 1 aromatic heterocycles. The molecule has 0 aliphatic carbocycles. The van der Waals surface area contributed by atoms with Crippen molar-refractivity contribution in [2.75, 3.05) is 5.73 Å². The SMILES string of the molecule is Nc1cccc(-c2nnn(Cc3ccc(F)cc3)n2)c1. The molecule has 0 atom stereocenters. The summed E-state index contributed by atoms with van der Waals surface area (Å²) in [5, 5.41) is 12.3. The number of hydrogen-bond donors (Lipinski definition) is 1. The fraction of sp³-hybridized carbons (Fsp3) is 0.0714. The lowest BCUT2D eigenvalue weighted by molar-refractivity contribution is 0.570. The van der Waals surface area contributed by atoms with Crippen LogP contribution < -0.4 is 5.73 Å². The van der Waals surface area contributed by atoms with Crippen LogP contribution in [0.5, 0.6) is 0 Å². The summed E-state index contributed by atoms with van der Waals surface area (Å²) in [4.78, 5) is 1.46. The normalized spacial score (nSPS) is 10.7. The maximum atomic E-state index is 12.8. The van der Waals surface area contributed by atoms with Crippen LogP contribution in [0.3, 0.4) is 0 Å². The lowest BCUT2D eigenvalue weighted by Crippen LogP contribution is -2.04. The number of nitrogen functional groups attached to an aromatic ring is 1. The minimum atomic E-state index is -0.263. The van der Waals surface area contributed by atoms with E-state index < -0.39 is 0 Å². The summed E-state index contributed by atoms with van der Waals surface area (Å²) >= 11 is 0. The quantitative estimate of drug-likeness (QED) is 0.739. The second-order valence-corrected chi connectivity index (χ2v) is 4.40. The molecule has 0 unspecified atom stereocenters. The van der Waals surface area contributed by atoms with Gasteiger partial charge < -0.3 is 5.73 Å². The number of hydrogen-bond acceptors (Lipinski definition) is 4. The molecule has 5 nitrogen and oxygen atoms in total. The standard InChI is InChI=1S/C14H12FN5/c15-12-6-4-10(5-7-12)9-20-18-14(17-19-20)11-2-1-3-13(16)8-11/h1-8H,9,16H2. The number of anilines is 1. The third kappa shape index (κ3) is 2.64. The van der Waals surface area contributed by atoms with E-state index in [1.54, 1.807) is 24.3 Å². The topological polar surface area (TPSA) is 69.6 Å². The van der Waals surface area contributed by atoms with Crippen LogP contribution >= 0.6 is 0 Å². The molecule has 100 valence electrons. The Morgan fingerprint density at radius 1 is 1.10 bits per heavy atom. The molecule has 0 fully saturated rings. The van der Waals surface area contributed by atoms with Crippen molar-refractivity contribution in [2.45, 2.75) is 6.54 Å². The Bertz CT molecular complexity index is 720. The van der Waals surface area contributed by atoms with E-state index in [-0.39, 0.29) is 5.82 Å². The maximum Gasteiger partial charge on any atom is 0.205 e. The summed E-state index contributed by atoms with van der Waals surface area (Å²) < 4.78 is 12.8. The van der Waals surface area contributed by atoms with Crippen LogP contribution in [0.4, 0.5) is 10.1 Å². The molecule has 0 aliphatic heterocycles. The van der Waals surface area contributed by atoms with Crippen LogP contribution in [0.2, 0.25) is 0 Å². The van der Waals surface area contributed by atoms with Gasteiger partial charge in [0.2, 0.25) is 5.82 Å². The van der Waals surface area contributed by atoms with Gasteiger partial charge in [0.15, 0.2) is 0 Å². The molecule has 0 aliphatic rings. The predicted molar refractivity (Wildman–Crippen MR) is 73.2 cm³/mol. The minimum absolute atomic E-state index is 0.263. The monoisotopic (exact) mass is 269 g/mol. The number of rotatable bonds is 3. The van der Waals surface area contributed by atoms with Gasteiger partial charge in [0, 0.05) is 11.3 Å². The van der Waals surface area contributed by atoms with E-state index in [1.165, 1.54) is 16.9 Å². The van der Waals surface area contributed by atoms with Crippen LogP contribution in [0.15, 0.2) is 48.5 Å². The van der Waals surface area contributed by atoms with Gasteiger partial charge in [-0.1, -0.05) is 24.3 Å². The first-order valence-electron chi connectivity index (χ1n) is 6.09. The first-order valence-corrected chi connectivity index (χ1v) is 6.09. The number of nitrogens with zero attached hydrogens (tertiary/aromatic N) is 4. The Labute approximate surface area is 114 Å². The van der Waals surface area contributed by atoms with Crippen molar-refractivity contribution in [1.82, 2.24) is 20.2 Å². The fourth-order valence-electron chi connectivity index (χ4n) is 1.86. The highest BCUT2D eigenvalue weighted by Crippen LogP contribution is 2.16. The Morgan fingerprint density at radius 2 is 1.90 bits per heavy atom. The Kier molecular flexibility index (Phi) is 3.12. The number of tetrazole rings is 1. The first-order chi connectivity index (χ1) is 9.70. The lowest BCUT2D eigenvalue weighted by Gasteiger charge is -1.99. The molecular weight excluding hydrogens is 257 g/mol. The summed E-state index contributed by atoms with van der Waals surface area (Å²) in [6.07, 6.45) is 0. The molecule has 1 heterocycles. The van der Waals surface area contributed by atoms with Crippen molar-refractivity contribution in [3.05, 3.63) is 59.9 Å². The zero-order chi connectivity index (χ0) is 13.9. The summed E-state index contributed by atoms with van der Waals surface area (Å²) in [6.45, 7) is 0.440. The Hall–Kier alpha value is -2.76. The zero-order valence-corrected chi connectivity index (χ0v) is 10.6. The maximum absolute atomic E-state index is 12.8. The van der Waals surface area contributed by atoms with Crippen LogP contribution in [-0.2, 0) is 6.54 Å². The number of aromatic nitrogens is 4. The minimum Gasteiger partial charge on any atom is -0.399 e. The fourth-order valence-corrected chi connectivity index (χ4v) is 1.86. The predicted octanol–water partition coefficient (Wildman–Crippen LogP) is 2.11. The van der Waals surface area contributed by atoms with Crippen molar-refractivity contribution in [3.8, 4) is 11.4 Å². The molecule has 0 radical (unpaired) electrons. The first kappa shape index (κ1) is 12.3. The third-order valence-electron chi connectivity index (χ3n) is 2.83. The molecule has 3 aromatic rings. The van der Waals surface area contributed by atoms with E-state index in [0.717, 1.165) is 11.1 Å². The second kappa shape index (κ2) is 5.08. The van der Waals surface area contributed by atoms with E-state index in [2.05, 4.69) is 15.4 Å². The van der Waals surface area contributed by atoms with Gasteiger partial charge in [0.05, 0.1) is 6.54 Å². The smallest absolute Gasteiger partial charge is 0.205 e. The highest BCUT2D eigenvalue weighted by molar-refractivity contribution is 5.60. The van der Waals surface area contributed by atoms with E-state index in [4.69, 9.17) is 5.73 Å². The van der Waals surface area contributed by atoms with Gasteiger partial charge in [0.1, 0.15) is 5.82 Å². The largest absolute Gasteiger partial charge is 0.399 e. The molecule has 2 N–H and O–H groups in total.